The van der Waals surface area contributed by atoms with Gasteiger partial charge < -0.3 is 14.7 Å². The number of ketones is 1. The number of aryl methyl sites for hydroxylation is 1. The van der Waals surface area contributed by atoms with Gasteiger partial charge in [-0.05, 0) is 5.56 Å². The molecule has 0 fully saturated rings. The van der Waals surface area contributed by atoms with E-state index in [9.17, 15) is 9.59 Å². The Morgan fingerprint density at radius 2 is 2.29 bits per heavy atom. The Hall–Kier alpha value is -2.24. The molecule has 0 radical (unpaired) electrons. The first-order valence-corrected chi connectivity index (χ1v) is 7.01. The van der Waals surface area contributed by atoms with Crippen LogP contribution in [-0.4, -0.2) is 53.0 Å². The van der Waals surface area contributed by atoms with E-state index in [4.69, 9.17) is 5.41 Å². The zero-order valence-corrected chi connectivity index (χ0v) is 12.2. The van der Waals surface area contributed by atoms with E-state index >= 15 is 0 Å². The van der Waals surface area contributed by atoms with Gasteiger partial charge in [-0.3, -0.25) is 9.59 Å². The second kappa shape index (κ2) is 4.95. The molecule has 0 unspecified atom stereocenters. The first-order valence-electron chi connectivity index (χ1n) is 7.01. The fraction of sp³-hybridized carbons (Fsp3) is 0.467. The number of nitrogens with zero attached hydrogens (tertiary/aromatic N) is 2. The summed E-state index contributed by atoms with van der Waals surface area (Å²) < 4.78 is 8.59. The number of likely N-dealkylation sites (N-methyl/N-ethyl adjacent to an activating group) is 1. The van der Waals surface area contributed by atoms with Gasteiger partial charge in [0.25, 0.3) is 0 Å². The number of carbonyl (C=O) groups excluding carboxylic acids is 2. The standard InChI is InChI=1S/C15H18N3O3/c1-17-5-3-9-8-18(6-4-12(19)21-2)14-13(9)11(17)7-10(16)15(14)20/h8,16H,3-7H2,1-2H3/q+1. The van der Waals surface area contributed by atoms with Gasteiger partial charge in [0.05, 0.1) is 31.2 Å². The van der Waals surface area contributed by atoms with E-state index in [1.807, 2.05) is 17.8 Å². The quantitative estimate of drug-likeness (QED) is 0.655. The van der Waals surface area contributed by atoms with Crippen LogP contribution in [0.3, 0.4) is 0 Å². The molecule has 0 saturated carbocycles. The van der Waals surface area contributed by atoms with Gasteiger partial charge in [0.1, 0.15) is 19.3 Å². The number of aromatic nitrogens is 1. The lowest BCUT2D eigenvalue weighted by molar-refractivity contribution is -0.498. The van der Waals surface area contributed by atoms with Crippen molar-refractivity contribution in [1.29, 1.82) is 5.41 Å². The van der Waals surface area contributed by atoms with Gasteiger partial charge in [0.15, 0.2) is 5.71 Å². The Balaban J connectivity index is 2.07. The lowest BCUT2D eigenvalue weighted by Crippen LogP contribution is -2.36. The number of rotatable bonds is 3. The molecule has 0 saturated heterocycles. The van der Waals surface area contributed by atoms with E-state index in [1.54, 1.807) is 0 Å². The van der Waals surface area contributed by atoms with Crippen LogP contribution in [0.2, 0.25) is 0 Å². The number of ether oxygens (including phenoxy) is 1. The summed E-state index contributed by atoms with van der Waals surface area (Å²) in [6, 6.07) is 0. The highest BCUT2D eigenvalue weighted by Crippen LogP contribution is 2.28. The molecule has 1 aliphatic heterocycles. The number of Topliss-reactive ketones (excluding diaryl/α,β-unsaturated/α-hetero) is 1. The van der Waals surface area contributed by atoms with E-state index in [2.05, 4.69) is 9.31 Å². The Kier molecular flexibility index (Phi) is 3.23. The minimum Gasteiger partial charge on any atom is -0.469 e. The third kappa shape index (κ3) is 2.11. The van der Waals surface area contributed by atoms with Crippen molar-refractivity contribution in [2.24, 2.45) is 0 Å². The molecule has 0 spiro atoms. The molecular weight excluding hydrogens is 270 g/mol. The largest absolute Gasteiger partial charge is 0.469 e. The highest BCUT2D eigenvalue weighted by Gasteiger charge is 2.39. The molecule has 6 heteroatoms. The normalized spacial score (nSPS) is 17.0. The van der Waals surface area contributed by atoms with Gasteiger partial charge in [-0.25, -0.2) is 4.58 Å². The van der Waals surface area contributed by atoms with Crippen molar-refractivity contribution in [3.8, 4) is 0 Å². The van der Waals surface area contributed by atoms with Crippen LogP contribution in [0.25, 0.3) is 0 Å². The van der Waals surface area contributed by atoms with Crippen molar-refractivity contribution >= 4 is 23.2 Å². The molecule has 21 heavy (non-hydrogen) atoms. The molecule has 3 rings (SSSR count). The third-order valence-corrected chi connectivity index (χ3v) is 4.24. The summed E-state index contributed by atoms with van der Waals surface area (Å²) in [4.78, 5) is 23.7. The average Bonchev–Trinajstić information content (AvgIpc) is 2.85. The van der Waals surface area contributed by atoms with Crippen LogP contribution in [0.15, 0.2) is 6.20 Å². The summed E-state index contributed by atoms with van der Waals surface area (Å²) in [5, 5.41) is 7.93. The summed E-state index contributed by atoms with van der Waals surface area (Å²) >= 11 is 0. The fourth-order valence-electron chi connectivity index (χ4n) is 3.09. The molecule has 1 aromatic rings. The van der Waals surface area contributed by atoms with E-state index in [0.29, 0.717) is 18.7 Å². The summed E-state index contributed by atoms with van der Waals surface area (Å²) in [7, 11) is 3.35. The van der Waals surface area contributed by atoms with Crippen molar-refractivity contribution in [2.75, 3.05) is 20.7 Å². The maximum absolute atomic E-state index is 12.4. The number of hydrogen-bond acceptors (Lipinski definition) is 4. The number of carbonyl (C=O) groups is 2. The Morgan fingerprint density at radius 1 is 1.52 bits per heavy atom. The van der Waals surface area contributed by atoms with Crippen LogP contribution in [0.5, 0.6) is 0 Å². The third-order valence-electron chi connectivity index (χ3n) is 4.24. The zero-order chi connectivity index (χ0) is 15.1. The minimum absolute atomic E-state index is 0.121. The Bertz CT molecular complexity index is 697. The zero-order valence-electron chi connectivity index (χ0n) is 12.2. The molecule has 6 nitrogen and oxygen atoms in total. The summed E-state index contributed by atoms with van der Waals surface area (Å²) in [6.07, 6.45) is 3.46. The fourth-order valence-corrected chi connectivity index (χ4v) is 3.09. The molecule has 2 heterocycles. The molecule has 1 N–H and O–H groups in total. The molecule has 0 amide bonds. The van der Waals surface area contributed by atoms with Crippen molar-refractivity contribution in [2.45, 2.75) is 25.8 Å². The second-order valence-corrected chi connectivity index (χ2v) is 5.50. The smallest absolute Gasteiger partial charge is 0.307 e. The average molecular weight is 288 g/mol. The lowest BCUT2D eigenvalue weighted by Gasteiger charge is -2.19. The van der Waals surface area contributed by atoms with Gasteiger partial charge in [-0.15, -0.1) is 0 Å². The minimum atomic E-state index is -0.298. The van der Waals surface area contributed by atoms with E-state index in [0.717, 1.165) is 29.8 Å². The number of nitrogens with one attached hydrogen (secondary N) is 1. The topological polar surface area (TPSA) is 75.2 Å². The van der Waals surface area contributed by atoms with Gasteiger partial charge in [0, 0.05) is 19.2 Å². The molecule has 0 atom stereocenters. The Morgan fingerprint density at radius 3 is 3.00 bits per heavy atom. The number of hydrogen-bond donors (Lipinski definition) is 1. The van der Waals surface area contributed by atoms with Gasteiger partial charge in [-0.1, -0.05) is 0 Å². The molecule has 1 aromatic heterocycles. The summed E-state index contributed by atoms with van der Waals surface area (Å²) in [5.74, 6) is -0.520. The van der Waals surface area contributed by atoms with Crippen LogP contribution < -0.4 is 0 Å². The van der Waals surface area contributed by atoms with Crippen LogP contribution in [0, 0.1) is 5.41 Å². The SMILES string of the molecule is COC(=O)CCn1cc2c3c1C(=O)C(=N)CC3=[N+](C)CC2. The summed E-state index contributed by atoms with van der Waals surface area (Å²) in [6.45, 7) is 1.30. The summed E-state index contributed by atoms with van der Waals surface area (Å²) in [5.41, 5.74) is 3.85. The van der Waals surface area contributed by atoms with Gasteiger partial charge in [-0.2, -0.15) is 0 Å². The van der Waals surface area contributed by atoms with Crippen LogP contribution >= 0.6 is 0 Å². The number of methoxy groups -OCH3 is 1. The van der Waals surface area contributed by atoms with Crippen molar-refractivity contribution in [3.05, 3.63) is 23.0 Å². The van der Waals surface area contributed by atoms with Crippen LogP contribution in [0.4, 0.5) is 0 Å². The molecule has 2 aliphatic rings. The predicted molar refractivity (Wildman–Crippen MR) is 76.6 cm³/mol. The van der Waals surface area contributed by atoms with Crippen molar-refractivity contribution in [3.63, 3.8) is 0 Å². The Labute approximate surface area is 122 Å². The van der Waals surface area contributed by atoms with E-state index in [1.165, 1.54) is 7.11 Å². The van der Waals surface area contributed by atoms with E-state index in [-0.39, 0.29) is 23.9 Å². The first kappa shape index (κ1) is 13.7. The number of esters is 1. The second-order valence-electron chi connectivity index (χ2n) is 5.50. The highest BCUT2D eigenvalue weighted by atomic mass is 16.5. The highest BCUT2D eigenvalue weighted by molar-refractivity contribution is 6.51. The molecule has 0 bridgehead atoms. The predicted octanol–water partition coefficient (Wildman–Crippen LogP) is 0.645. The van der Waals surface area contributed by atoms with E-state index < -0.39 is 0 Å². The monoisotopic (exact) mass is 288 g/mol. The lowest BCUT2D eigenvalue weighted by atomic mass is 9.87. The first-order chi connectivity index (χ1) is 10.0. The maximum Gasteiger partial charge on any atom is 0.307 e. The van der Waals surface area contributed by atoms with Crippen molar-refractivity contribution in [1.82, 2.24) is 4.57 Å². The van der Waals surface area contributed by atoms with Crippen LogP contribution in [-0.2, 0) is 22.5 Å². The van der Waals surface area contributed by atoms with Crippen molar-refractivity contribution < 1.29 is 18.9 Å². The van der Waals surface area contributed by atoms with Gasteiger partial charge >= 0.3 is 5.97 Å². The molecule has 0 aromatic carbocycles. The molecular formula is C15H18N3O3+. The van der Waals surface area contributed by atoms with Crippen LogP contribution in [0.1, 0.15) is 34.5 Å². The molecule has 110 valence electrons. The van der Waals surface area contributed by atoms with Gasteiger partial charge in [0.2, 0.25) is 5.78 Å². The molecule has 1 aliphatic carbocycles. The maximum atomic E-state index is 12.4.